The fourth-order valence-electron chi connectivity index (χ4n) is 2.90. The van der Waals surface area contributed by atoms with E-state index in [9.17, 15) is 4.79 Å². The van der Waals surface area contributed by atoms with E-state index in [0.29, 0.717) is 31.3 Å². The van der Waals surface area contributed by atoms with Crippen LogP contribution in [0.1, 0.15) is 25.5 Å². The lowest BCUT2D eigenvalue weighted by molar-refractivity contribution is -0.0642. The number of carbonyl (C=O) groups excluding carboxylic acids is 1. The van der Waals surface area contributed by atoms with Crippen molar-refractivity contribution in [1.82, 2.24) is 9.88 Å². The molecule has 1 N–H and O–H groups in total. The van der Waals surface area contributed by atoms with Crippen LogP contribution in [0.25, 0.3) is 0 Å². The molecule has 1 aromatic carbocycles. The van der Waals surface area contributed by atoms with Gasteiger partial charge in [-0.3, -0.25) is 0 Å². The van der Waals surface area contributed by atoms with Crippen molar-refractivity contribution in [2.24, 2.45) is 0 Å². The van der Waals surface area contributed by atoms with Crippen LogP contribution in [0.5, 0.6) is 5.88 Å². The number of aromatic nitrogens is 1. The number of nitrogens with zero attached hydrogens (tertiary/aromatic N) is 2. The summed E-state index contributed by atoms with van der Waals surface area (Å²) in [6, 6.07) is 13.4. The molecule has 0 spiro atoms. The molecule has 0 unspecified atom stereocenters. The first-order valence-electron chi connectivity index (χ1n) is 8.51. The lowest BCUT2D eigenvalue weighted by Gasteiger charge is -2.37. The molecule has 132 valence electrons. The van der Waals surface area contributed by atoms with Crippen LogP contribution in [0.3, 0.4) is 0 Å². The standard InChI is InChI=1S/C19H23N3O3/c1-3-24-18-16(10-7-11-20-18)21-19(23)22-12-14(2)25-17(13-22)15-8-5-4-6-9-15/h4-11,14,17H,3,12-13H2,1-2H3,(H,21,23)/t14-,17+/m1/s1. The summed E-state index contributed by atoms with van der Waals surface area (Å²) in [6.07, 6.45) is 1.48. The number of carbonyl (C=O) groups is 1. The third-order valence-corrected chi connectivity index (χ3v) is 4.01. The molecule has 3 rings (SSSR count). The van der Waals surface area contributed by atoms with Crippen LogP contribution in [0.15, 0.2) is 48.7 Å². The number of amides is 2. The molecule has 2 aromatic rings. The fourth-order valence-corrected chi connectivity index (χ4v) is 2.90. The Morgan fingerprint density at radius 3 is 2.84 bits per heavy atom. The van der Waals surface area contributed by atoms with Crippen molar-refractivity contribution >= 4 is 11.7 Å². The minimum atomic E-state index is -0.176. The highest BCUT2D eigenvalue weighted by atomic mass is 16.5. The summed E-state index contributed by atoms with van der Waals surface area (Å²) in [5.74, 6) is 0.430. The van der Waals surface area contributed by atoms with Gasteiger partial charge >= 0.3 is 6.03 Å². The molecule has 6 nitrogen and oxygen atoms in total. The zero-order valence-electron chi connectivity index (χ0n) is 14.5. The third kappa shape index (κ3) is 4.28. The molecule has 1 fully saturated rings. The molecule has 0 bridgehead atoms. The first-order valence-corrected chi connectivity index (χ1v) is 8.51. The van der Waals surface area contributed by atoms with Gasteiger partial charge in [-0.05, 0) is 31.5 Å². The second kappa shape index (κ2) is 7.98. The van der Waals surface area contributed by atoms with E-state index in [2.05, 4.69) is 10.3 Å². The minimum absolute atomic E-state index is 0.0371. The molecule has 1 aromatic heterocycles. The average molecular weight is 341 g/mol. The van der Waals surface area contributed by atoms with Crippen LogP contribution in [-0.4, -0.2) is 41.7 Å². The Morgan fingerprint density at radius 2 is 2.08 bits per heavy atom. The molecule has 0 aliphatic carbocycles. The average Bonchev–Trinajstić information content (AvgIpc) is 2.64. The van der Waals surface area contributed by atoms with E-state index in [-0.39, 0.29) is 18.2 Å². The Balaban J connectivity index is 1.71. The Morgan fingerprint density at radius 1 is 1.28 bits per heavy atom. The van der Waals surface area contributed by atoms with Gasteiger partial charge in [0, 0.05) is 12.7 Å². The second-order valence-electron chi connectivity index (χ2n) is 5.97. The molecule has 1 aliphatic heterocycles. The first kappa shape index (κ1) is 17.2. The molecule has 2 heterocycles. The van der Waals surface area contributed by atoms with Gasteiger partial charge in [-0.1, -0.05) is 30.3 Å². The van der Waals surface area contributed by atoms with Gasteiger partial charge in [0.2, 0.25) is 5.88 Å². The molecule has 1 aliphatic rings. The van der Waals surface area contributed by atoms with E-state index in [1.807, 2.05) is 44.2 Å². The Kier molecular flexibility index (Phi) is 5.50. The zero-order chi connectivity index (χ0) is 17.6. The SMILES string of the molecule is CCOc1ncccc1NC(=O)N1C[C@@H](C)O[C@H](c2ccccc2)C1. The number of urea groups is 1. The Hall–Kier alpha value is -2.60. The second-order valence-corrected chi connectivity index (χ2v) is 5.97. The molecule has 0 saturated carbocycles. The van der Waals surface area contributed by atoms with Crippen LogP contribution in [0, 0.1) is 0 Å². The van der Waals surface area contributed by atoms with E-state index >= 15 is 0 Å². The lowest BCUT2D eigenvalue weighted by atomic mass is 10.1. The van der Waals surface area contributed by atoms with Crippen molar-refractivity contribution in [3.8, 4) is 5.88 Å². The van der Waals surface area contributed by atoms with Crippen molar-refractivity contribution in [3.05, 3.63) is 54.2 Å². The van der Waals surface area contributed by atoms with Gasteiger partial charge in [0.15, 0.2) is 0 Å². The van der Waals surface area contributed by atoms with Gasteiger partial charge < -0.3 is 19.7 Å². The van der Waals surface area contributed by atoms with E-state index < -0.39 is 0 Å². The number of anilines is 1. The van der Waals surface area contributed by atoms with Crippen LogP contribution in [-0.2, 0) is 4.74 Å². The maximum absolute atomic E-state index is 12.7. The largest absolute Gasteiger partial charge is 0.476 e. The summed E-state index contributed by atoms with van der Waals surface area (Å²) in [6.45, 7) is 5.40. The predicted molar refractivity (Wildman–Crippen MR) is 95.7 cm³/mol. The highest BCUT2D eigenvalue weighted by molar-refractivity contribution is 5.90. The van der Waals surface area contributed by atoms with Crippen molar-refractivity contribution in [1.29, 1.82) is 0 Å². The number of morpholine rings is 1. The number of pyridine rings is 1. The number of hydrogen-bond acceptors (Lipinski definition) is 4. The molecule has 1 saturated heterocycles. The molecule has 25 heavy (non-hydrogen) atoms. The predicted octanol–water partition coefficient (Wildman–Crippen LogP) is 3.47. The van der Waals surface area contributed by atoms with Crippen molar-refractivity contribution < 1.29 is 14.3 Å². The zero-order valence-corrected chi connectivity index (χ0v) is 14.5. The molecule has 2 atom stereocenters. The number of nitrogens with one attached hydrogen (secondary N) is 1. The molecular weight excluding hydrogens is 318 g/mol. The van der Waals surface area contributed by atoms with Crippen LogP contribution in [0.4, 0.5) is 10.5 Å². The normalized spacial score (nSPS) is 20.2. The third-order valence-electron chi connectivity index (χ3n) is 4.01. The smallest absolute Gasteiger partial charge is 0.322 e. The number of rotatable bonds is 4. The van der Waals surface area contributed by atoms with Crippen LogP contribution in [0.2, 0.25) is 0 Å². The Labute approximate surface area is 147 Å². The van der Waals surface area contributed by atoms with Gasteiger partial charge in [-0.25, -0.2) is 9.78 Å². The highest BCUT2D eigenvalue weighted by Crippen LogP contribution is 2.26. The Bertz CT molecular complexity index is 708. The topological polar surface area (TPSA) is 63.7 Å². The van der Waals surface area contributed by atoms with E-state index in [1.54, 1.807) is 23.2 Å². The monoisotopic (exact) mass is 341 g/mol. The van der Waals surface area contributed by atoms with Gasteiger partial charge in [-0.2, -0.15) is 0 Å². The highest BCUT2D eigenvalue weighted by Gasteiger charge is 2.29. The maximum atomic E-state index is 12.7. The number of ether oxygens (including phenoxy) is 2. The summed E-state index contributed by atoms with van der Waals surface area (Å²) in [5, 5.41) is 2.90. The lowest BCUT2D eigenvalue weighted by Crippen LogP contribution is -2.47. The van der Waals surface area contributed by atoms with E-state index in [4.69, 9.17) is 9.47 Å². The van der Waals surface area contributed by atoms with Gasteiger partial charge in [0.25, 0.3) is 0 Å². The van der Waals surface area contributed by atoms with Crippen LogP contribution < -0.4 is 10.1 Å². The molecule has 6 heteroatoms. The fraction of sp³-hybridized carbons (Fsp3) is 0.368. The van der Waals surface area contributed by atoms with Crippen molar-refractivity contribution in [2.75, 3.05) is 25.0 Å². The number of hydrogen-bond donors (Lipinski definition) is 1. The quantitative estimate of drug-likeness (QED) is 0.925. The summed E-state index contributed by atoms with van der Waals surface area (Å²) >= 11 is 0. The minimum Gasteiger partial charge on any atom is -0.476 e. The maximum Gasteiger partial charge on any atom is 0.322 e. The first-order chi connectivity index (χ1) is 12.2. The molecular formula is C19H23N3O3. The van der Waals surface area contributed by atoms with Crippen molar-refractivity contribution in [3.63, 3.8) is 0 Å². The summed E-state index contributed by atoms with van der Waals surface area (Å²) in [5.41, 5.74) is 1.65. The summed E-state index contributed by atoms with van der Waals surface area (Å²) in [4.78, 5) is 18.7. The van der Waals surface area contributed by atoms with Gasteiger partial charge in [0.1, 0.15) is 11.8 Å². The summed E-state index contributed by atoms with van der Waals surface area (Å²) < 4.78 is 11.5. The van der Waals surface area contributed by atoms with Crippen LogP contribution >= 0.6 is 0 Å². The van der Waals surface area contributed by atoms with Gasteiger partial charge in [0.05, 0.1) is 19.3 Å². The van der Waals surface area contributed by atoms with Crippen molar-refractivity contribution in [2.45, 2.75) is 26.1 Å². The summed E-state index contributed by atoms with van der Waals surface area (Å²) in [7, 11) is 0. The van der Waals surface area contributed by atoms with E-state index in [1.165, 1.54) is 0 Å². The van der Waals surface area contributed by atoms with E-state index in [0.717, 1.165) is 5.56 Å². The molecule has 2 amide bonds. The van der Waals surface area contributed by atoms with Gasteiger partial charge in [-0.15, -0.1) is 0 Å². The number of benzene rings is 1. The molecule has 0 radical (unpaired) electrons.